The molecule has 162 valence electrons. The number of hydrogen-bond donors (Lipinski definition) is 1. The number of Topliss-reactive ketones (excluding diaryl/α,β-unsaturated/α-hetero) is 1. The van der Waals surface area contributed by atoms with Gasteiger partial charge >= 0.3 is 6.09 Å². The Balaban J connectivity index is 1.55. The quantitative estimate of drug-likeness (QED) is 0.444. The number of anilines is 2. The Morgan fingerprint density at radius 2 is 1.78 bits per heavy atom. The van der Waals surface area contributed by atoms with Crippen molar-refractivity contribution >= 4 is 34.3 Å². The van der Waals surface area contributed by atoms with E-state index < -0.39 is 11.7 Å². The van der Waals surface area contributed by atoms with Crippen LogP contribution < -0.4 is 5.32 Å². The van der Waals surface area contributed by atoms with Crippen LogP contribution in [0.2, 0.25) is 0 Å². The maximum Gasteiger partial charge on any atom is 0.435 e. The number of rotatable bonds is 4. The highest BCUT2D eigenvalue weighted by Crippen LogP contribution is 2.24. The molecule has 1 N–H and O–H groups in total. The van der Waals surface area contributed by atoms with Gasteiger partial charge in [0.15, 0.2) is 11.6 Å². The third kappa shape index (κ3) is 4.64. The number of nitrogens with one attached hydrogen (secondary N) is 1. The summed E-state index contributed by atoms with van der Waals surface area (Å²) in [6.45, 7) is 6.97. The molecule has 4 aromatic rings. The van der Waals surface area contributed by atoms with Crippen LogP contribution in [-0.4, -0.2) is 37.2 Å². The van der Waals surface area contributed by atoms with Gasteiger partial charge in [0.05, 0.1) is 11.7 Å². The van der Waals surface area contributed by atoms with E-state index in [9.17, 15) is 9.59 Å². The molecule has 0 unspecified atom stereocenters. The summed E-state index contributed by atoms with van der Waals surface area (Å²) >= 11 is 0. The lowest BCUT2D eigenvalue weighted by atomic mass is 10.1. The van der Waals surface area contributed by atoms with Gasteiger partial charge in [-0.2, -0.15) is 9.78 Å². The van der Waals surface area contributed by atoms with E-state index in [4.69, 9.17) is 4.74 Å². The molecule has 2 aromatic heterocycles. The highest BCUT2D eigenvalue weighted by Gasteiger charge is 2.20. The van der Waals surface area contributed by atoms with Crippen molar-refractivity contribution in [2.45, 2.75) is 33.3 Å². The first-order chi connectivity index (χ1) is 15.2. The molecule has 4 rings (SSSR count). The molecule has 0 aliphatic heterocycles. The van der Waals surface area contributed by atoms with Crippen molar-refractivity contribution in [2.24, 2.45) is 0 Å². The van der Waals surface area contributed by atoms with Crippen molar-refractivity contribution in [2.75, 3.05) is 5.32 Å². The molecule has 0 amide bonds. The molecule has 0 spiro atoms. The van der Waals surface area contributed by atoms with Gasteiger partial charge in [-0.15, -0.1) is 0 Å². The van der Waals surface area contributed by atoms with Crippen LogP contribution in [0.1, 0.15) is 38.1 Å². The standard InChI is InChI=1S/C24H23N5O3/c1-15(30)16-5-7-17(8-6-16)22-25-12-11-21(28-22)27-19-9-10-20-18(13-19)14-26-29(20)23(31)32-24(2,3)4/h5-14H,1-4H3,(H,25,27,28). The van der Waals surface area contributed by atoms with Gasteiger partial charge in [-0.05, 0) is 52.0 Å². The number of aromatic nitrogens is 4. The van der Waals surface area contributed by atoms with Crippen LogP contribution in [0.3, 0.4) is 0 Å². The molecule has 8 heteroatoms. The van der Waals surface area contributed by atoms with Crippen molar-refractivity contribution in [3.8, 4) is 11.4 Å². The van der Waals surface area contributed by atoms with Crippen molar-refractivity contribution < 1.29 is 14.3 Å². The predicted molar refractivity (Wildman–Crippen MR) is 122 cm³/mol. The van der Waals surface area contributed by atoms with E-state index in [0.717, 1.165) is 16.6 Å². The second-order valence-electron chi connectivity index (χ2n) is 8.33. The summed E-state index contributed by atoms with van der Waals surface area (Å²) in [7, 11) is 0. The van der Waals surface area contributed by atoms with Gasteiger partial charge in [0.1, 0.15) is 11.4 Å². The zero-order valence-corrected chi connectivity index (χ0v) is 18.3. The average molecular weight is 429 g/mol. The third-order valence-electron chi connectivity index (χ3n) is 4.61. The van der Waals surface area contributed by atoms with E-state index in [-0.39, 0.29) is 5.78 Å². The van der Waals surface area contributed by atoms with E-state index in [1.54, 1.807) is 36.7 Å². The average Bonchev–Trinajstić information content (AvgIpc) is 3.16. The first kappa shape index (κ1) is 21.2. The largest absolute Gasteiger partial charge is 0.442 e. The molecular formula is C24H23N5O3. The van der Waals surface area contributed by atoms with E-state index >= 15 is 0 Å². The Morgan fingerprint density at radius 1 is 1.03 bits per heavy atom. The molecule has 0 atom stereocenters. The molecule has 2 heterocycles. The summed E-state index contributed by atoms with van der Waals surface area (Å²) in [5.74, 6) is 1.17. The van der Waals surface area contributed by atoms with Crippen molar-refractivity contribution in [3.63, 3.8) is 0 Å². The molecular weight excluding hydrogens is 406 g/mol. The fourth-order valence-corrected chi connectivity index (χ4v) is 3.13. The summed E-state index contributed by atoms with van der Waals surface area (Å²) in [4.78, 5) is 32.7. The lowest BCUT2D eigenvalue weighted by Crippen LogP contribution is -2.27. The summed E-state index contributed by atoms with van der Waals surface area (Å²) in [5.41, 5.74) is 2.29. The molecule has 0 saturated heterocycles. The highest BCUT2D eigenvalue weighted by molar-refractivity contribution is 5.94. The van der Waals surface area contributed by atoms with Crippen LogP contribution in [0.25, 0.3) is 22.3 Å². The summed E-state index contributed by atoms with van der Waals surface area (Å²) in [6, 6.07) is 14.5. The van der Waals surface area contributed by atoms with E-state index in [2.05, 4.69) is 20.4 Å². The van der Waals surface area contributed by atoms with Crippen LogP contribution >= 0.6 is 0 Å². The van der Waals surface area contributed by atoms with Gasteiger partial charge in [-0.1, -0.05) is 24.3 Å². The molecule has 0 aliphatic carbocycles. The second-order valence-corrected chi connectivity index (χ2v) is 8.33. The monoisotopic (exact) mass is 429 g/mol. The summed E-state index contributed by atoms with van der Waals surface area (Å²) in [5, 5.41) is 8.21. The molecule has 2 aromatic carbocycles. The molecule has 0 fully saturated rings. The lowest BCUT2D eigenvalue weighted by Gasteiger charge is -2.19. The predicted octanol–water partition coefficient (Wildman–Crippen LogP) is 5.22. The van der Waals surface area contributed by atoms with E-state index in [0.29, 0.717) is 22.7 Å². The number of ether oxygens (including phenoxy) is 1. The van der Waals surface area contributed by atoms with Crippen molar-refractivity contribution in [3.05, 3.63) is 66.5 Å². The van der Waals surface area contributed by atoms with Gasteiger partial charge in [0.2, 0.25) is 0 Å². The van der Waals surface area contributed by atoms with Crippen LogP contribution in [0.15, 0.2) is 60.9 Å². The van der Waals surface area contributed by atoms with Crippen LogP contribution in [0.5, 0.6) is 0 Å². The van der Waals surface area contributed by atoms with Gasteiger partial charge in [-0.25, -0.2) is 14.8 Å². The van der Waals surface area contributed by atoms with Gasteiger partial charge < -0.3 is 10.1 Å². The molecule has 0 saturated carbocycles. The third-order valence-corrected chi connectivity index (χ3v) is 4.61. The molecule has 0 bridgehead atoms. The number of fused-ring (bicyclic) bond motifs is 1. The smallest absolute Gasteiger partial charge is 0.435 e. The van der Waals surface area contributed by atoms with Gasteiger partial charge in [0, 0.05) is 28.4 Å². The highest BCUT2D eigenvalue weighted by atomic mass is 16.6. The maximum atomic E-state index is 12.4. The number of carbonyl (C=O) groups is 2. The fraction of sp³-hybridized carbons (Fsp3) is 0.208. The van der Waals surface area contributed by atoms with Crippen molar-refractivity contribution in [1.29, 1.82) is 0 Å². The summed E-state index contributed by atoms with van der Waals surface area (Å²) in [6.07, 6.45) is 2.76. The molecule has 32 heavy (non-hydrogen) atoms. The Labute approximate surface area is 185 Å². The van der Waals surface area contributed by atoms with E-state index in [1.807, 2.05) is 45.0 Å². The molecule has 8 nitrogen and oxygen atoms in total. The number of ketones is 1. The Bertz CT molecular complexity index is 1300. The maximum absolute atomic E-state index is 12.4. The Morgan fingerprint density at radius 3 is 2.47 bits per heavy atom. The van der Waals surface area contributed by atoms with Gasteiger partial charge in [-0.3, -0.25) is 4.79 Å². The zero-order chi connectivity index (χ0) is 22.9. The summed E-state index contributed by atoms with van der Waals surface area (Å²) < 4.78 is 6.65. The first-order valence-corrected chi connectivity index (χ1v) is 10.1. The minimum atomic E-state index is -0.603. The SMILES string of the molecule is CC(=O)c1ccc(-c2nccc(Nc3ccc4c(cnn4C(=O)OC(C)(C)C)c3)n2)cc1. The van der Waals surface area contributed by atoms with Crippen LogP contribution in [-0.2, 0) is 4.74 Å². The number of carbonyl (C=O) groups excluding carboxylic acids is 2. The Hall–Kier alpha value is -4.07. The number of nitrogens with zero attached hydrogens (tertiary/aromatic N) is 4. The molecule has 0 radical (unpaired) electrons. The minimum Gasteiger partial charge on any atom is -0.442 e. The normalized spacial score (nSPS) is 11.4. The Kier molecular flexibility index (Phi) is 5.44. The minimum absolute atomic E-state index is 0.0123. The van der Waals surface area contributed by atoms with Gasteiger partial charge in [0.25, 0.3) is 0 Å². The first-order valence-electron chi connectivity index (χ1n) is 10.1. The van der Waals surface area contributed by atoms with Crippen molar-refractivity contribution in [1.82, 2.24) is 19.7 Å². The van der Waals surface area contributed by atoms with Crippen LogP contribution in [0.4, 0.5) is 16.3 Å². The molecule has 0 aliphatic rings. The second kappa shape index (κ2) is 8.22. The zero-order valence-electron chi connectivity index (χ0n) is 18.3. The topological polar surface area (TPSA) is 99.0 Å². The van der Waals surface area contributed by atoms with Crippen LogP contribution in [0, 0.1) is 0 Å². The number of benzene rings is 2. The lowest BCUT2D eigenvalue weighted by molar-refractivity contribution is 0.0522. The number of hydrogen-bond acceptors (Lipinski definition) is 7. The van der Waals surface area contributed by atoms with E-state index in [1.165, 1.54) is 11.6 Å². The fourth-order valence-electron chi connectivity index (χ4n) is 3.13.